The van der Waals surface area contributed by atoms with Crippen molar-refractivity contribution >= 4 is 43.5 Å². The number of halogens is 2. The van der Waals surface area contributed by atoms with Gasteiger partial charge in [-0.1, -0.05) is 0 Å². The monoisotopic (exact) mass is 376 g/mol. The molecule has 0 bridgehead atoms. The fourth-order valence-corrected chi connectivity index (χ4v) is 3.56. The summed E-state index contributed by atoms with van der Waals surface area (Å²) in [4.78, 5) is 12.0. The van der Waals surface area contributed by atoms with E-state index in [1.807, 2.05) is 19.1 Å². The van der Waals surface area contributed by atoms with Gasteiger partial charge in [-0.05, 0) is 62.9 Å². The Kier molecular flexibility index (Phi) is 4.42. The lowest BCUT2D eigenvalue weighted by Crippen LogP contribution is -2.35. The molecule has 1 amide bonds. The van der Waals surface area contributed by atoms with E-state index in [-0.39, 0.29) is 11.9 Å². The minimum absolute atomic E-state index is 0.128. The van der Waals surface area contributed by atoms with Gasteiger partial charge in [-0.3, -0.25) is 4.79 Å². The van der Waals surface area contributed by atoms with Crippen LogP contribution in [0.4, 0.5) is 5.69 Å². The molecule has 3 N–H and O–H groups in total. The molecule has 6 heteroatoms. The van der Waals surface area contributed by atoms with Crippen LogP contribution >= 0.6 is 31.9 Å². The Labute approximate surface area is 122 Å². The molecule has 0 saturated carbocycles. The summed E-state index contributed by atoms with van der Waals surface area (Å²) in [5, 5.41) is 15.2. The molecule has 1 aliphatic heterocycles. The molecule has 1 saturated heterocycles. The number of anilines is 1. The van der Waals surface area contributed by atoms with Crippen molar-refractivity contribution in [2.24, 2.45) is 0 Å². The van der Waals surface area contributed by atoms with Gasteiger partial charge in [0.1, 0.15) is 0 Å². The van der Waals surface area contributed by atoms with Gasteiger partial charge in [-0.2, -0.15) is 0 Å². The minimum atomic E-state index is -0.439. The van der Waals surface area contributed by atoms with Crippen molar-refractivity contribution in [3.05, 3.63) is 26.6 Å². The molecule has 0 radical (unpaired) electrons. The number of aliphatic hydroxyl groups excluding tert-OH is 1. The van der Waals surface area contributed by atoms with E-state index in [2.05, 4.69) is 42.5 Å². The summed E-state index contributed by atoms with van der Waals surface area (Å²) < 4.78 is 1.67. The zero-order valence-electron chi connectivity index (χ0n) is 9.84. The van der Waals surface area contributed by atoms with Crippen molar-refractivity contribution in [2.75, 3.05) is 11.9 Å². The summed E-state index contributed by atoms with van der Waals surface area (Å²) in [5.41, 5.74) is 1.81. The lowest BCUT2D eigenvalue weighted by molar-refractivity contribution is -0.117. The number of aryl methyl sites for hydroxylation is 1. The molecule has 18 heavy (non-hydrogen) atoms. The molecule has 4 nitrogen and oxygen atoms in total. The normalized spacial score (nSPS) is 23.1. The second kappa shape index (κ2) is 5.69. The van der Waals surface area contributed by atoms with Crippen LogP contribution in [0.15, 0.2) is 21.1 Å². The largest absolute Gasteiger partial charge is 0.392 e. The topological polar surface area (TPSA) is 61.4 Å². The minimum Gasteiger partial charge on any atom is -0.392 e. The number of amides is 1. The first-order chi connectivity index (χ1) is 8.47. The van der Waals surface area contributed by atoms with Crippen LogP contribution in [0, 0.1) is 6.92 Å². The summed E-state index contributed by atoms with van der Waals surface area (Å²) in [6.45, 7) is 2.45. The Hall–Kier alpha value is -0.430. The van der Waals surface area contributed by atoms with Crippen molar-refractivity contribution in [3.63, 3.8) is 0 Å². The van der Waals surface area contributed by atoms with Gasteiger partial charge in [-0.15, -0.1) is 0 Å². The molecular weight excluding hydrogens is 364 g/mol. The fourth-order valence-electron chi connectivity index (χ4n) is 1.95. The number of hydrogen-bond acceptors (Lipinski definition) is 3. The maximum Gasteiger partial charge on any atom is 0.241 e. The highest BCUT2D eigenvalue weighted by Crippen LogP contribution is 2.32. The first-order valence-corrected chi connectivity index (χ1v) is 7.24. The van der Waals surface area contributed by atoms with E-state index in [0.717, 1.165) is 14.5 Å². The molecule has 98 valence electrons. The fraction of sp³-hybridized carbons (Fsp3) is 0.417. The predicted octanol–water partition coefficient (Wildman–Crippen LogP) is 2.18. The molecule has 1 aromatic carbocycles. The number of carbonyl (C=O) groups excluding carboxylic acids is 1. The maximum absolute atomic E-state index is 12.0. The van der Waals surface area contributed by atoms with Gasteiger partial charge < -0.3 is 15.7 Å². The summed E-state index contributed by atoms with van der Waals surface area (Å²) in [6, 6.07) is 3.55. The average molecular weight is 378 g/mol. The van der Waals surface area contributed by atoms with E-state index in [1.165, 1.54) is 0 Å². The van der Waals surface area contributed by atoms with Gasteiger partial charge in [0.05, 0.1) is 17.8 Å². The molecule has 0 aromatic heterocycles. The molecule has 1 fully saturated rings. The number of aliphatic hydroxyl groups is 1. The standard InChI is InChI=1S/C12H14Br2N2O2/c1-6-2-8(13)11(9(14)3-6)16-12(18)10-4-7(17)5-15-10/h2-3,7,10,15,17H,4-5H2,1H3,(H,16,18). The molecule has 2 atom stereocenters. The molecule has 2 rings (SSSR count). The van der Waals surface area contributed by atoms with E-state index in [9.17, 15) is 9.90 Å². The Morgan fingerprint density at radius 1 is 1.44 bits per heavy atom. The first-order valence-electron chi connectivity index (χ1n) is 5.65. The Morgan fingerprint density at radius 2 is 2.06 bits per heavy atom. The van der Waals surface area contributed by atoms with Crippen LogP contribution in [-0.4, -0.2) is 29.7 Å². The van der Waals surface area contributed by atoms with E-state index in [1.54, 1.807) is 0 Å². The first kappa shape index (κ1) is 14.0. The number of hydrogen-bond donors (Lipinski definition) is 3. The van der Waals surface area contributed by atoms with Crippen molar-refractivity contribution < 1.29 is 9.90 Å². The Balaban J connectivity index is 2.12. The number of β-amino-alcohol motifs (C(OH)–C–C–N with tert-alkyl or cyclic N) is 1. The van der Waals surface area contributed by atoms with Gasteiger partial charge in [0.25, 0.3) is 0 Å². The zero-order valence-corrected chi connectivity index (χ0v) is 13.0. The van der Waals surface area contributed by atoms with E-state index < -0.39 is 6.10 Å². The highest BCUT2D eigenvalue weighted by molar-refractivity contribution is 9.11. The third kappa shape index (κ3) is 3.12. The van der Waals surface area contributed by atoms with Gasteiger partial charge in [0.15, 0.2) is 0 Å². The SMILES string of the molecule is Cc1cc(Br)c(NC(=O)C2CC(O)CN2)c(Br)c1. The van der Waals surface area contributed by atoms with Crippen molar-refractivity contribution in [3.8, 4) is 0 Å². The van der Waals surface area contributed by atoms with Crippen LogP contribution in [-0.2, 0) is 4.79 Å². The molecule has 2 unspecified atom stereocenters. The summed E-state index contributed by atoms with van der Waals surface area (Å²) >= 11 is 6.86. The van der Waals surface area contributed by atoms with Crippen LogP contribution in [0.2, 0.25) is 0 Å². The van der Waals surface area contributed by atoms with E-state index in [4.69, 9.17) is 0 Å². The summed E-state index contributed by atoms with van der Waals surface area (Å²) in [6.07, 6.45) is 0.0121. The number of rotatable bonds is 2. The molecule has 1 aliphatic rings. The van der Waals surface area contributed by atoms with Gasteiger partial charge in [0, 0.05) is 15.5 Å². The highest BCUT2D eigenvalue weighted by Gasteiger charge is 2.28. The van der Waals surface area contributed by atoms with Crippen molar-refractivity contribution in [1.82, 2.24) is 5.32 Å². The molecule has 0 aliphatic carbocycles. The maximum atomic E-state index is 12.0. The Bertz CT molecular complexity index is 456. The number of nitrogens with one attached hydrogen (secondary N) is 2. The smallest absolute Gasteiger partial charge is 0.241 e. The highest BCUT2D eigenvalue weighted by atomic mass is 79.9. The molecule has 1 heterocycles. The van der Waals surface area contributed by atoms with Gasteiger partial charge >= 0.3 is 0 Å². The van der Waals surface area contributed by atoms with Crippen LogP contribution in [0.5, 0.6) is 0 Å². The van der Waals surface area contributed by atoms with Crippen LogP contribution in [0.1, 0.15) is 12.0 Å². The Morgan fingerprint density at radius 3 is 2.56 bits per heavy atom. The second-order valence-corrected chi connectivity index (χ2v) is 6.15. The quantitative estimate of drug-likeness (QED) is 0.740. The van der Waals surface area contributed by atoms with Gasteiger partial charge in [0.2, 0.25) is 5.91 Å². The van der Waals surface area contributed by atoms with Crippen LogP contribution < -0.4 is 10.6 Å². The van der Waals surface area contributed by atoms with E-state index >= 15 is 0 Å². The molecule has 0 spiro atoms. The number of benzene rings is 1. The zero-order chi connectivity index (χ0) is 13.3. The van der Waals surface area contributed by atoms with E-state index in [0.29, 0.717) is 18.7 Å². The van der Waals surface area contributed by atoms with Crippen LogP contribution in [0.3, 0.4) is 0 Å². The lowest BCUT2D eigenvalue weighted by Gasteiger charge is -2.14. The third-order valence-corrected chi connectivity index (χ3v) is 4.11. The van der Waals surface area contributed by atoms with Gasteiger partial charge in [-0.25, -0.2) is 0 Å². The summed E-state index contributed by atoms with van der Waals surface area (Å²) in [7, 11) is 0. The summed E-state index contributed by atoms with van der Waals surface area (Å²) in [5.74, 6) is -0.128. The average Bonchev–Trinajstić information content (AvgIpc) is 2.70. The van der Waals surface area contributed by atoms with Crippen molar-refractivity contribution in [1.29, 1.82) is 0 Å². The third-order valence-electron chi connectivity index (χ3n) is 2.86. The number of carbonyl (C=O) groups is 1. The second-order valence-electron chi connectivity index (χ2n) is 4.44. The predicted molar refractivity (Wildman–Crippen MR) is 77.6 cm³/mol. The molecular formula is C12H14Br2N2O2. The molecule has 1 aromatic rings. The van der Waals surface area contributed by atoms with Crippen LogP contribution in [0.25, 0.3) is 0 Å². The van der Waals surface area contributed by atoms with Crippen molar-refractivity contribution in [2.45, 2.75) is 25.5 Å². The lowest BCUT2D eigenvalue weighted by atomic mass is 10.2.